The quantitative estimate of drug-likeness (QED) is 0.729. The molecule has 0 aliphatic rings. The van der Waals surface area contributed by atoms with Gasteiger partial charge in [-0.2, -0.15) is 0 Å². The second-order valence-corrected chi connectivity index (χ2v) is 5.21. The summed E-state index contributed by atoms with van der Waals surface area (Å²) in [5.74, 6) is 1.12. The summed E-state index contributed by atoms with van der Waals surface area (Å²) in [5, 5.41) is 1.51. The van der Waals surface area contributed by atoms with Crippen LogP contribution in [0.3, 0.4) is 0 Å². The zero-order chi connectivity index (χ0) is 15.7. The van der Waals surface area contributed by atoms with Crippen LogP contribution in [0.4, 0.5) is 0 Å². The number of aromatic nitrogens is 1. The molecule has 3 aromatic rings. The molecule has 0 aliphatic heterocycles. The van der Waals surface area contributed by atoms with Crippen LogP contribution in [-0.4, -0.2) is 25.5 Å². The standard InChI is InChI=1S/C17H14ClNO3/c1-21-14-7-15(22-2)16-12(8-19-17(16)13(14)9-20)10-3-5-11(18)6-4-10/h3-9,19H,1-2H3. The number of carbonyl (C=O) groups excluding carboxylic acids is 1. The first-order chi connectivity index (χ1) is 10.7. The number of aldehydes is 1. The minimum Gasteiger partial charge on any atom is -0.496 e. The summed E-state index contributed by atoms with van der Waals surface area (Å²) in [5.41, 5.74) is 3.08. The average molecular weight is 316 g/mol. The molecule has 2 aromatic carbocycles. The summed E-state index contributed by atoms with van der Waals surface area (Å²) >= 11 is 5.94. The number of nitrogens with one attached hydrogen (secondary N) is 1. The van der Waals surface area contributed by atoms with Crippen LogP contribution < -0.4 is 9.47 Å². The van der Waals surface area contributed by atoms with E-state index in [4.69, 9.17) is 21.1 Å². The highest BCUT2D eigenvalue weighted by Crippen LogP contribution is 2.40. The third-order valence-electron chi connectivity index (χ3n) is 3.64. The van der Waals surface area contributed by atoms with Crippen LogP contribution >= 0.6 is 11.6 Å². The lowest BCUT2D eigenvalue weighted by molar-refractivity contribution is 0.112. The van der Waals surface area contributed by atoms with Gasteiger partial charge in [-0.05, 0) is 17.7 Å². The molecule has 5 heteroatoms. The van der Waals surface area contributed by atoms with E-state index >= 15 is 0 Å². The SMILES string of the molecule is COc1cc(OC)c2c(-c3ccc(Cl)cc3)c[nH]c2c1C=O. The first kappa shape index (κ1) is 14.5. The van der Waals surface area contributed by atoms with Crippen LogP contribution in [0.15, 0.2) is 36.5 Å². The molecule has 0 saturated heterocycles. The highest BCUT2D eigenvalue weighted by molar-refractivity contribution is 6.30. The van der Waals surface area contributed by atoms with Gasteiger partial charge in [0.1, 0.15) is 11.5 Å². The van der Waals surface area contributed by atoms with Crippen LogP contribution in [0.25, 0.3) is 22.0 Å². The van der Waals surface area contributed by atoms with Gasteiger partial charge in [-0.15, -0.1) is 0 Å². The van der Waals surface area contributed by atoms with Crippen LogP contribution in [0.2, 0.25) is 5.02 Å². The van der Waals surface area contributed by atoms with E-state index in [1.165, 1.54) is 7.11 Å². The molecule has 0 amide bonds. The van der Waals surface area contributed by atoms with Crippen LogP contribution in [-0.2, 0) is 0 Å². The van der Waals surface area contributed by atoms with Gasteiger partial charge in [0, 0.05) is 22.8 Å². The lowest BCUT2D eigenvalue weighted by Gasteiger charge is -2.10. The second-order valence-electron chi connectivity index (χ2n) is 4.77. The van der Waals surface area contributed by atoms with E-state index in [0.29, 0.717) is 27.6 Å². The molecule has 0 radical (unpaired) electrons. The van der Waals surface area contributed by atoms with Gasteiger partial charge in [-0.25, -0.2) is 0 Å². The van der Waals surface area contributed by atoms with E-state index in [0.717, 1.165) is 22.8 Å². The third-order valence-corrected chi connectivity index (χ3v) is 3.89. The number of aromatic amines is 1. The average Bonchev–Trinajstić information content (AvgIpc) is 2.98. The molecule has 112 valence electrons. The van der Waals surface area contributed by atoms with Crippen molar-refractivity contribution in [3.05, 3.63) is 47.1 Å². The van der Waals surface area contributed by atoms with Crippen molar-refractivity contribution in [3.8, 4) is 22.6 Å². The summed E-state index contributed by atoms with van der Waals surface area (Å²) in [7, 11) is 3.12. The fourth-order valence-corrected chi connectivity index (χ4v) is 2.71. The Kier molecular flexibility index (Phi) is 3.77. The second kappa shape index (κ2) is 5.73. The van der Waals surface area contributed by atoms with Crippen molar-refractivity contribution in [2.45, 2.75) is 0 Å². The lowest BCUT2D eigenvalue weighted by Crippen LogP contribution is -1.95. The molecule has 0 fully saturated rings. The normalized spacial score (nSPS) is 10.7. The van der Waals surface area contributed by atoms with Crippen molar-refractivity contribution in [2.75, 3.05) is 14.2 Å². The fourth-order valence-electron chi connectivity index (χ4n) is 2.59. The van der Waals surface area contributed by atoms with Gasteiger partial charge in [0.05, 0.1) is 30.7 Å². The van der Waals surface area contributed by atoms with Crippen molar-refractivity contribution in [3.63, 3.8) is 0 Å². The monoisotopic (exact) mass is 315 g/mol. The maximum absolute atomic E-state index is 11.4. The Bertz CT molecular complexity index is 837. The molecule has 0 aliphatic carbocycles. The molecule has 0 unspecified atom stereocenters. The number of carbonyl (C=O) groups is 1. The first-order valence-corrected chi connectivity index (χ1v) is 7.04. The van der Waals surface area contributed by atoms with Crippen molar-refractivity contribution in [1.82, 2.24) is 4.98 Å². The molecule has 4 nitrogen and oxygen atoms in total. The van der Waals surface area contributed by atoms with Crippen molar-refractivity contribution in [1.29, 1.82) is 0 Å². The molecule has 0 spiro atoms. The largest absolute Gasteiger partial charge is 0.496 e. The molecule has 1 N–H and O–H groups in total. The minimum absolute atomic E-state index is 0.471. The molecule has 0 atom stereocenters. The van der Waals surface area contributed by atoms with E-state index in [1.54, 1.807) is 13.2 Å². The summed E-state index contributed by atoms with van der Waals surface area (Å²) in [4.78, 5) is 14.6. The van der Waals surface area contributed by atoms with Crippen LogP contribution in [0.5, 0.6) is 11.5 Å². The predicted octanol–water partition coefficient (Wildman–Crippen LogP) is 4.32. The summed E-state index contributed by atoms with van der Waals surface area (Å²) in [6.45, 7) is 0. The van der Waals surface area contributed by atoms with E-state index in [-0.39, 0.29) is 0 Å². The number of hydrogen-bond donors (Lipinski definition) is 1. The van der Waals surface area contributed by atoms with Gasteiger partial charge in [0.15, 0.2) is 6.29 Å². The number of methoxy groups -OCH3 is 2. The summed E-state index contributed by atoms with van der Waals surface area (Å²) < 4.78 is 10.7. The van der Waals surface area contributed by atoms with E-state index in [2.05, 4.69) is 4.98 Å². The highest BCUT2D eigenvalue weighted by Gasteiger charge is 2.18. The topological polar surface area (TPSA) is 51.3 Å². The van der Waals surface area contributed by atoms with Gasteiger partial charge in [0.2, 0.25) is 0 Å². The Morgan fingerprint density at radius 3 is 2.36 bits per heavy atom. The Morgan fingerprint density at radius 1 is 1.09 bits per heavy atom. The number of ether oxygens (including phenoxy) is 2. The third kappa shape index (κ3) is 2.22. The van der Waals surface area contributed by atoms with Gasteiger partial charge >= 0.3 is 0 Å². The van der Waals surface area contributed by atoms with Crippen LogP contribution in [0.1, 0.15) is 10.4 Å². The van der Waals surface area contributed by atoms with Crippen molar-refractivity contribution < 1.29 is 14.3 Å². The zero-order valence-electron chi connectivity index (χ0n) is 12.1. The maximum atomic E-state index is 11.4. The Morgan fingerprint density at radius 2 is 1.77 bits per heavy atom. The molecular weight excluding hydrogens is 302 g/mol. The molecule has 1 aromatic heterocycles. The van der Waals surface area contributed by atoms with Gasteiger partial charge in [-0.3, -0.25) is 4.79 Å². The summed E-state index contributed by atoms with van der Waals surface area (Å²) in [6, 6.07) is 9.22. The Balaban J connectivity index is 2.34. The lowest BCUT2D eigenvalue weighted by atomic mass is 10.0. The number of rotatable bonds is 4. The molecule has 1 heterocycles. The molecule has 0 saturated carbocycles. The molecule has 22 heavy (non-hydrogen) atoms. The van der Waals surface area contributed by atoms with Crippen molar-refractivity contribution in [2.24, 2.45) is 0 Å². The van der Waals surface area contributed by atoms with Crippen molar-refractivity contribution >= 4 is 28.8 Å². The van der Waals surface area contributed by atoms with Gasteiger partial charge in [-0.1, -0.05) is 23.7 Å². The molecule has 3 rings (SSSR count). The van der Waals surface area contributed by atoms with Crippen LogP contribution in [0, 0.1) is 0 Å². The number of halogens is 1. The minimum atomic E-state index is 0.471. The Labute approximate surface area is 132 Å². The fraction of sp³-hybridized carbons (Fsp3) is 0.118. The molecule has 0 bridgehead atoms. The first-order valence-electron chi connectivity index (χ1n) is 6.66. The smallest absolute Gasteiger partial charge is 0.155 e. The number of fused-ring (bicyclic) bond motifs is 1. The predicted molar refractivity (Wildman–Crippen MR) is 87.2 cm³/mol. The van der Waals surface area contributed by atoms with Gasteiger partial charge in [0.25, 0.3) is 0 Å². The van der Waals surface area contributed by atoms with E-state index in [9.17, 15) is 4.79 Å². The van der Waals surface area contributed by atoms with Gasteiger partial charge < -0.3 is 14.5 Å². The molecular formula is C17H14ClNO3. The Hall–Kier alpha value is -2.46. The maximum Gasteiger partial charge on any atom is 0.155 e. The number of benzene rings is 2. The zero-order valence-corrected chi connectivity index (χ0v) is 12.9. The summed E-state index contributed by atoms with van der Waals surface area (Å²) in [6.07, 6.45) is 2.63. The number of H-pyrrole nitrogens is 1. The highest BCUT2D eigenvalue weighted by atomic mass is 35.5. The number of hydrogen-bond acceptors (Lipinski definition) is 3. The van der Waals surface area contributed by atoms with E-state index < -0.39 is 0 Å². The van der Waals surface area contributed by atoms with E-state index in [1.807, 2.05) is 30.5 Å².